The Labute approximate surface area is 185 Å². The molecule has 32 heavy (non-hydrogen) atoms. The van der Waals surface area contributed by atoms with Gasteiger partial charge in [0.1, 0.15) is 12.2 Å². The summed E-state index contributed by atoms with van der Waals surface area (Å²) in [6.45, 7) is 5.42. The van der Waals surface area contributed by atoms with Crippen LogP contribution in [0.3, 0.4) is 0 Å². The molecule has 0 spiro atoms. The van der Waals surface area contributed by atoms with Crippen LogP contribution in [0.1, 0.15) is 19.4 Å². The number of carbonyl (C=O) groups is 1. The van der Waals surface area contributed by atoms with Crippen molar-refractivity contribution < 1.29 is 32.9 Å². The zero-order chi connectivity index (χ0) is 23.5. The van der Waals surface area contributed by atoms with Gasteiger partial charge in [-0.3, -0.25) is 4.90 Å². The number of benzene rings is 1. The van der Waals surface area contributed by atoms with Crippen LogP contribution >= 0.6 is 0 Å². The van der Waals surface area contributed by atoms with Gasteiger partial charge in [0, 0.05) is 44.5 Å². The van der Waals surface area contributed by atoms with E-state index >= 15 is 0 Å². The van der Waals surface area contributed by atoms with Crippen molar-refractivity contribution in [3.63, 3.8) is 0 Å². The highest BCUT2D eigenvalue weighted by atomic mass is 19.4. The fourth-order valence-electron chi connectivity index (χ4n) is 4.26. The van der Waals surface area contributed by atoms with Gasteiger partial charge in [-0.1, -0.05) is 6.07 Å². The number of aliphatic hydroxyl groups is 2. The number of nitrogens with one attached hydrogen (secondary N) is 2. The molecule has 2 aliphatic heterocycles. The molecule has 2 amide bonds. The lowest BCUT2D eigenvalue weighted by Gasteiger charge is -2.41. The molecular formula is C21H31F3N4O4. The summed E-state index contributed by atoms with van der Waals surface area (Å²) < 4.78 is 44.9. The lowest BCUT2D eigenvalue weighted by atomic mass is 10.0. The highest BCUT2D eigenvalue weighted by Gasteiger charge is 2.46. The average molecular weight is 460 g/mol. The Morgan fingerprint density at radius 3 is 2.50 bits per heavy atom. The van der Waals surface area contributed by atoms with E-state index in [4.69, 9.17) is 4.74 Å². The molecule has 2 aliphatic rings. The van der Waals surface area contributed by atoms with Crippen molar-refractivity contribution in [1.82, 2.24) is 15.5 Å². The van der Waals surface area contributed by atoms with Gasteiger partial charge in [-0.15, -0.1) is 0 Å². The number of ether oxygens (including phenoxy) is 1. The summed E-state index contributed by atoms with van der Waals surface area (Å²) in [5.41, 5.74) is -0.187. The molecule has 1 aromatic carbocycles. The van der Waals surface area contributed by atoms with Crippen LogP contribution in [-0.2, 0) is 10.9 Å². The van der Waals surface area contributed by atoms with Gasteiger partial charge in [0.05, 0.1) is 24.3 Å². The molecule has 1 aromatic rings. The molecule has 8 nitrogen and oxygen atoms in total. The van der Waals surface area contributed by atoms with E-state index in [1.807, 2.05) is 23.6 Å². The number of nitrogens with zero attached hydrogens (tertiary/aromatic N) is 2. The minimum Gasteiger partial charge on any atom is -0.394 e. The van der Waals surface area contributed by atoms with Crippen LogP contribution in [0.15, 0.2) is 24.3 Å². The van der Waals surface area contributed by atoms with Crippen molar-refractivity contribution >= 4 is 11.7 Å². The molecule has 0 unspecified atom stereocenters. The number of alkyl halides is 3. The van der Waals surface area contributed by atoms with E-state index in [-0.39, 0.29) is 25.2 Å². The van der Waals surface area contributed by atoms with Crippen LogP contribution in [0, 0.1) is 0 Å². The zero-order valence-corrected chi connectivity index (χ0v) is 18.2. The normalized spacial score (nSPS) is 27.1. The first kappa shape index (κ1) is 24.6. The number of hydrogen-bond acceptors (Lipinski definition) is 6. The van der Waals surface area contributed by atoms with E-state index in [1.165, 1.54) is 6.07 Å². The maximum atomic E-state index is 13.0. The number of carbonyl (C=O) groups excluding carboxylic acids is 1. The summed E-state index contributed by atoms with van der Waals surface area (Å²) in [6, 6.07) is 4.41. The van der Waals surface area contributed by atoms with Crippen LogP contribution in [0.2, 0.25) is 0 Å². The van der Waals surface area contributed by atoms with Gasteiger partial charge >= 0.3 is 12.2 Å². The number of rotatable bonds is 6. The first-order chi connectivity index (χ1) is 15.1. The van der Waals surface area contributed by atoms with E-state index in [0.717, 1.165) is 12.1 Å². The molecule has 2 saturated heterocycles. The third-order valence-electron chi connectivity index (χ3n) is 5.80. The fraction of sp³-hybridized carbons (Fsp3) is 0.667. The number of urea groups is 1. The quantitative estimate of drug-likeness (QED) is 0.506. The molecular weight excluding hydrogens is 429 g/mol. The Bertz CT molecular complexity index is 772. The maximum absolute atomic E-state index is 13.0. The molecule has 11 heteroatoms. The Kier molecular flexibility index (Phi) is 7.86. The molecule has 0 bridgehead atoms. The fourth-order valence-corrected chi connectivity index (χ4v) is 4.26. The van der Waals surface area contributed by atoms with Crippen LogP contribution < -0.4 is 15.5 Å². The van der Waals surface area contributed by atoms with E-state index in [0.29, 0.717) is 31.9 Å². The second-order valence-electron chi connectivity index (χ2n) is 8.46. The predicted molar refractivity (Wildman–Crippen MR) is 112 cm³/mol. The van der Waals surface area contributed by atoms with Crippen molar-refractivity contribution in [2.75, 3.05) is 44.2 Å². The van der Waals surface area contributed by atoms with Gasteiger partial charge in [0.2, 0.25) is 0 Å². The Morgan fingerprint density at radius 2 is 1.91 bits per heavy atom. The van der Waals surface area contributed by atoms with Crippen LogP contribution in [0.5, 0.6) is 0 Å². The number of aliphatic hydroxyl groups excluding tert-OH is 2. The SMILES string of the molecule is CC(C)NC(=O)NC[C@H]1O[C@@H](CO)[C@@H](O)[C@H]1N1CCN(c2cccc(C(F)(F)F)c2)CC1. The Morgan fingerprint density at radius 1 is 1.22 bits per heavy atom. The van der Waals surface area contributed by atoms with Crippen molar-refractivity contribution in [3.8, 4) is 0 Å². The summed E-state index contributed by atoms with van der Waals surface area (Å²) >= 11 is 0. The predicted octanol–water partition coefficient (Wildman–Crippen LogP) is 1.02. The first-order valence-corrected chi connectivity index (χ1v) is 10.7. The number of halogens is 3. The van der Waals surface area contributed by atoms with Gasteiger partial charge in [0.15, 0.2) is 0 Å². The monoisotopic (exact) mass is 460 g/mol. The minimum atomic E-state index is -4.40. The highest BCUT2D eigenvalue weighted by molar-refractivity contribution is 5.74. The summed E-state index contributed by atoms with van der Waals surface area (Å²) in [5, 5.41) is 25.7. The second-order valence-corrected chi connectivity index (χ2v) is 8.46. The third kappa shape index (κ3) is 5.83. The zero-order valence-electron chi connectivity index (χ0n) is 18.2. The molecule has 2 heterocycles. The average Bonchev–Trinajstić information content (AvgIpc) is 3.06. The summed E-state index contributed by atoms with van der Waals surface area (Å²) in [5.74, 6) is 0. The number of piperazine rings is 1. The van der Waals surface area contributed by atoms with Crippen LogP contribution in [0.4, 0.5) is 23.7 Å². The molecule has 0 aromatic heterocycles. The minimum absolute atomic E-state index is 0.0324. The summed E-state index contributed by atoms with van der Waals surface area (Å²) in [6.07, 6.45) is -6.63. The van der Waals surface area contributed by atoms with Gasteiger partial charge < -0.3 is 30.5 Å². The second kappa shape index (κ2) is 10.2. The van der Waals surface area contributed by atoms with Crippen molar-refractivity contribution in [2.45, 2.75) is 50.4 Å². The molecule has 0 saturated carbocycles. The van der Waals surface area contributed by atoms with Crippen molar-refractivity contribution in [2.24, 2.45) is 0 Å². The molecule has 2 fully saturated rings. The first-order valence-electron chi connectivity index (χ1n) is 10.7. The van der Waals surface area contributed by atoms with Gasteiger partial charge in [-0.25, -0.2) is 4.79 Å². The third-order valence-corrected chi connectivity index (χ3v) is 5.80. The topological polar surface area (TPSA) is 97.3 Å². The largest absolute Gasteiger partial charge is 0.416 e. The van der Waals surface area contributed by atoms with Gasteiger partial charge in [-0.2, -0.15) is 13.2 Å². The molecule has 4 atom stereocenters. The Balaban J connectivity index is 1.63. The molecule has 4 N–H and O–H groups in total. The lowest BCUT2D eigenvalue weighted by molar-refractivity contribution is -0.137. The number of hydrogen-bond donors (Lipinski definition) is 4. The van der Waals surface area contributed by atoms with E-state index < -0.39 is 36.1 Å². The molecule has 0 aliphatic carbocycles. The van der Waals surface area contributed by atoms with E-state index in [2.05, 4.69) is 10.6 Å². The van der Waals surface area contributed by atoms with Crippen LogP contribution in [0.25, 0.3) is 0 Å². The molecule has 3 rings (SSSR count). The highest BCUT2D eigenvalue weighted by Crippen LogP contribution is 2.32. The molecule has 180 valence electrons. The van der Waals surface area contributed by atoms with Gasteiger partial charge in [-0.05, 0) is 32.0 Å². The Hall–Kier alpha value is -2.08. The molecule has 0 radical (unpaired) electrons. The number of anilines is 1. The van der Waals surface area contributed by atoms with E-state index in [1.54, 1.807) is 6.07 Å². The summed E-state index contributed by atoms with van der Waals surface area (Å²) in [7, 11) is 0. The standard InChI is InChI=1S/C21H31F3N4O4/c1-13(2)26-20(31)25-11-16-18(19(30)17(12-29)32-16)28-8-6-27(7-9-28)15-5-3-4-14(10-15)21(22,23)24/h3-5,10,13,16-19,29-30H,6-9,11-12H2,1-2H3,(H2,25,26,31)/t16-,17+,18+,19-/m1/s1. The number of amides is 2. The summed E-state index contributed by atoms with van der Waals surface area (Å²) in [4.78, 5) is 15.8. The van der Waals surface area contributed by atoms with Crippen LogP contribution in [-0.4, -0.2) is 90.9 Å². The van der Waals surface area contributed by atoms with Crippen molar-refractivity contribution in [3.05, 3.63) is 29.8 Å². The van der Waals surface area contributed by atoms with E-state index in [9.17, 15) is 28.2 Å². The maximum Gasteiger partial charge on any atom is 0.416 e. The lowest BCUT2D eigenvalue weighted by Crippen LogP contribution is -2.58. The van der Waals surface area contributed by atoms with Gasteiger partial charge in [0.25, 0.3) is 0 Å². The smallest absolute Gasteiger partial charge is 0.394 e. The van der Waals surface area contributed by atoms with Crippen molar-refractivity contribution in [1.29, 1.82) is 0 Å².